The Morgan fingerprint density at radius 2 is 2.05 bits per heavy atom. The number of carbonyl (C=O) groups is 1. The second-order valence-electron chi connectivity index (χ2n) is 5.71. The summed E-state index contributed by atoms with van der Waals surface area (Å²) in [5.41, 5.74) is 1.60. The van der Waals surface area contributed by atoms with Crippen LogP contribution in [0.2, 0.25) is 0 Å². The van der Waals surface area contributed by atoms with Gasteiger partial charge < -0.3 is 10.0 Å². The second-order valence-corrected chi connectivity index (χ2v) is 5.71. The molecular weight excluding hydrogens is 262 g/mol. The number of nitrogens with zero attached hydrogens (tertiary/aromatic N) is 1. The molecule has 0 aromatic heterocycles. The highest BCUT2D eigenvalue weighted by Gasteiger charge is 2.28. The lowest BCUT2D eigenvalue weighted by atomic mass is 9.91. The number of aliphatic hydroxyl groups is 1. The van der Waals surface area contributed by atoms with Crippen molar-refractivity contribution in [3.63, 3.8) is 0 Å². The zero-order valence-electron chi connectivity index (χ0n) is 12.8. The molecule has 1 N–H and O–H groups in total. The van der Waals surface area contributed by atoms with Crippen LogP contribution in [0, 0.1) is 17.8 Å². The molecule has 21 heavy (non-hydrogen) atoms. The molecule has 0 radical (unpaired) electrons. The van der Waals surface area contributed by atoms with Crippen molar-refractivity contribution >= 4 is 5.91 Å². The summed E-state index contributed by atoms with van der Waals surface area (Å²) in [4.78, 5) is 14.6. The first-order chi connectivity index (χ1) is 10.1. The van der Waals surface area contributed by atoms with Crippen LogP contribution in [0.1, 0.15) is 49.0 Å². The van der Waals surface area contributed by atoms with Gasteiger partial charge in [0, 0.05) is 30.1 Å². The van der Waals surface area contributed by atoms with Gasteiger partial charge in [-0.1, -0.05) is 18.8 Å². The van der Waals surface area contributed by atoms with Crippen LogP contribution in [0.5, 0.6) is 0 Å². The molecule has 1 aromatic carbocycles. The van der Waals surface area contributed by atoms with Gasteiger partial charge >= 0.3 is 0 Å². The third-order valence-corrected chi connectivity index (χ3v) is 4.24. The van der Waals surface area contributed by atoms with Crippen molar-refractivity contribution in [1.82, 2.24) is 4.90 Å². The average Bonchev–Trinajstić information content (AvgIpc) is 2.50. The van der Waals surface area contributed by atoms with E-state index in [0.29, 0.717) is 18.4 Å². The van der Waals surface area contributed by atoms with Gasteiger partial charge in [-0.2, -0.15) is 0 Å². The number of carbonyl (C=O) groups excluding carboxylic acids is 1. The standard InChI is InChI=1S/C18H23NO2/c1-14-6-5-12-19(15(14)2)18(21)17-10-8-16(9-11-17)7-3-4-13-20/h8-11,14-15,20H,4-6,12-13H2,1-2H3. The van der Waals surface area contributed by atoms with Gasteiger partial charge in [0.05, 0.1) is 6.61 Å². The summed E-state index contributed by atoms with van der Waals surface area (Å²) >= 11 is 0. The van der Waals surface area contributed by atoms with E-state index in [1.54, 1.807) is 0 Å². The maximum atomic E-state index is 12.6. The second kappa shape index (κ2) is 7.28. The Morgan fingerprint density at radius 1 is 1.33 bits per heavy atom. The highest BCUT2D eigenvalue weighted by Crippen LogP contribution is 2.24. The quantitative estimate of drug-likeness (QED) is 0.849. The maximum Gasteiger partial charge on any atom is 0.254 e. The molecule has 0 aliphatic carbocycles. The third kappa shape index (κ3) is 3.86. The Kier molecular flexibility index (Phi) is 5.41. The molecule has 1 saturated heterocycles. The summed E-state index contributed by atoms with van der Waals surface area (Å²) in [6.45, 7) is 5.28. The van der Waals surface area contributed by atoms with E-state index < -0.39 is 0 Å². The first-order valence-electron chi connectivity index (χ1n) is 7.64. The topological polar surface area (TPSA) is 40.5 Å². The monoisotopic (exact) mass is 285 g/mol. The van der Waals surface area contributed by atoms with Crippen molar-refractivity contribution in [3.8, 4) is 11.8 Å². The van der Waals surface area contributed by atoms with E-state index in [9.17, 15) is 4.79 Å². The van der Waals surface area contributed by atoms with Crippen molar-refractivity contribution < 1.29 is 9.90 Å². The van der Waals surface area contributed by atoms with Gasteiger partial charge in [-0.05, 0) is 49.9 Å². The van der Waals surface area contributed by atoms with Crippen molar-refractivity contribution in [2.24, 2.45) is 5.92 Å². The zero-order chi connectivity index (χ0) is 15.2. The Bertz CT molecular complexity index is 539. The van der Waals surface area contributed by atoms with Crippen LogP contribution in [0.25, 0.3) is 0 Å². The number of hydrogen-bond acceptors (Lipinski definition) is 2. The Labute approximate surface area is 127 Å². The van der Waals surface area contributed by atoms with Crippen molar-refractivity contribution in [2.75, 3.05) is 13.2 Å². The number of benzene rings is 1. The average molecular weight is 285 g/mol. The van der Waals surface area contributed by atoms with E-state index in [1.807, 2.05) is 29.2 Å². The summed E-state index contributed by atoms with van der Waals surface area (Å²) in [7, 11) is 0. The molecule has 3 heteroatoms. The fourth-order valence-electron chi connectivity index (χ4n) is 2.70. The molecule has 0 bridgehead atoms. The zero-order valence-corrected chi connectivity index (χ0v) is 12.8. The van der Waals surface area contributed by atoms with Crippen molar-refractivity contribution in [1.29, 1.82) is 0 Å². The van der Waals surface area contributed by atoms with Gasteiger partial charge in [-0.3, -0.25) is 4.79 Å². The predicted octanol–water partition coefficient (Wildman–Crippen LogP) is 2.68. The SMILES string of the molecule is CC1CCCN(C(=O)c2ccc(C#CCCO)cc2)C1C. The highest BCUT2D eigenvalue weighted by molar-refractivity contribution is 5.94. The number of hydrogen-bond donors (Lipinski definition) is 1. The molecular formula is C18H23NO2. The molecule has 112 valence electrons. The van der Waals surface area contributed by atoms with Crippen LogP contribution in [-0.2, 0) is 0 Å². The van der Waals surface area contributed by atoms with Crippen LogP contribution in [0.3, 0.4) is 0 Å². The van der Waals surface area contributed by atoms with Crippen LogP contribution in [-0.4, -0.2) is 35.1 Å². The van der Waals surface area contributed by atoms with E-state index in [0.717, 1.165) is 24.1 Å². The van der Waals surface area contributed by atoms with Crippen LogP contribution >= 0.6 is 0 Å². The first kappa shape index (κ1) is 15.6. The molecule has 1 aliphatic heterocycles. The minimum Gasteiger partial charge on any atom is -0.395 e. The maximum absolute atomic E-state index is 12.6. The lowest BCUT2D eigenvalue weighted by molar-refractivity contribution is 0.0551. The Balaban J connectivity index is 2.08. The number of aliphatic hydroxyl groups excluding tert-OH is 1. The Hall–Kier alpha value is -1.79. The lowest BCUT2D eigenvalue weighted by Gasteiger charge is -2.38. The van der Waals surface area contributed by atoms with E-state index in [1.165, 1.54) is 6.42 Å². The third-order valence-electron chi connectivity index (χ3n) is 4.24. The summed E-state index contributed by atoms with van der Waals surface area (Å²) in [6.07, 6.45) is 2.76. The molecule has 2 rings (SSSR count). The van der Waals surface area contributed by atoms with Crippen molar-refractivity contribution in [2.45, 2.75) is 39.2 Å². The smallest absolute Gasteiger partial charge is 0.254 e. The Morgan fingerprint density at radius 3 is 2.71 bits per heavy atom. The van der Waals surface area contributed by atoms with E-state index in [2.05, 4.69) is 25.7 Å². The minimum atomic E-state index is 0.0780. The van der Waals surface area contributed by atoms with Crippen LogP contribution in [0.4, 0.5) is 0 Å². The van der Waals surface area contributed by atoms with E-state index in [4.69, 9.17) is 5.11 Å². The number of piperidine rings is 1. The highest BCUT2D eigenvalue weighted by atomic mass is 16.2. The molecule has 1 fully saturated rings. The van der Waals surface area contributed by atoms with Gasteiger partial charge in [0.25, 0.3) is 5.91 Å². The number of likely N-dealkylation sites (tertiary alicyclic amines) is 1. The minimum absolute atomic E-state index is 0.0780. The summed E-state index contributed by atoms with van der Waals surface area (Å²) in [6, 6.07) is 7.73. The van der Waals surface area contributed by atoms with E-state index in [-0.39, 0.29) is 12.5 Å². The fourth-order valence-corrected chi connectivity index (χ4v) is 2.70. The predicted molar refractivity (Wildman–Crippen MR) is 83.9 cm³/mol. The molecule has 2 unspecified atom stereocenters. The van der Waals surface area contributed by atoms with Crippen LogP contribution < -0.4 is 0 Å². The lowest BCUT2D eigenvalue weighted by Crippen LogP contribution is -2.46. The molecule has 2 atom stereocenters. The summed E-state index contributed by atoms with van der Waals surface area (Å²) in [5, 5.41) is 8.70. The van der Waals surface area contributed by atoms with Crippen molar-refractivity contribution in [3.05, 3.63) is 35.4 Å². The van der Waals surface area contributed by atoms with Gasteiger partial charge in [-0.15, -0.1) is 0 Å². The summed E-state index contributed by atoms with van der Waals surface area (Å²) in [5.74, 6) is 6.53. The molecule has 0 spiro atoms. The summed E-state index contributed by atoms with van der Waals surface area (Å²) < 4.78 is 0. The van der Waals surface area contributed by atoms with Gasteiger partial charge in [0.15, 0.2) is 0 Å². The van der Waals surface area contributed by atoms with Gasteiger partial charge in [0.1, 0.15) is 0 Å². The molecule has 3 nitrogen and oxygen atoms in total. The van der Waals surface area contributed by atoms with Crippen LogP contribution in [0.15, 0.2) is 24.3 Å². The molecule has 0 saturated carbocycles. The molecule has 1 aliphatic rings. The molecule has 1 amide bonds. The molecule has 1 heterocycles. The number of amides is 1. The van der Waals surface area contributed by atoms with Gasteiger partial charge in [0.2, 0.25) is 0 Å². The van der Waals surface area contributed by atoms with Gasteiger partial charge in [-0.25, -0.2) is 0 Å². The molecule has 1 aromatic rings. The fraction of sp³-hybridized carbons (Fsp3) is 0.500. The number of rotatable bonds is 2. The first-order valence-corrected chi connectivity index (χ1v) is 7.64. The normalized spacial score (nSPS) is 21.6. The largest absolute Gasteiger partial charge is 0.395 e. The van der Waals surface area contributed by atoms with E-state index >= 15 is 0 Å².